The standard InChI is InChI=1S/C28H38BrN5O8S/c1-6-17-13-28(17,25(37)33-43(39,40)18-10-11-18)32-23(35)19-12-16(15-42-21-9-7-8-20(29)30-21)14-34(19)24(36)22(27(2,3)4)31-26(38)41-5/h6-9,16-19,22H,1,10-15H2,2-5H3,(H,31,38)(H,32,35)(H,33,37)/t16?,17?,19-,22+,28+/m0/s1. The van der Waals surface area contributed by atoms with Crippen LogP contribution in [0, 0.1) is 17.3 Å². The number of methoxy groups -OCH3 is 1. The zero-order valence-electron chi connectivity index (χ0n) is 24.6. The number of amides is 4. The first-order chi connectivity index (χ1) is 20.1. The molecule has 2 saturated carbocycles. The van der Waals surface area contributed by atoms with Crippen LogP contribution in [0.3, 0.4) is 0 Å². The van der Waals surface area contributed by atoms with Gasteiger partial charge in [-0.2, -0.15) is 0 Å². The molecule has 0 radical (unpaired) electrons. The number of carbonyl (C=O) groups is 4. The molecule has 3 aliphatic rings. The van der Waals surface area contributed by atoms with Crippen LogP contribution in [0.25, 0.3) is 0 Å². The minimum absolute atomic E-state index is 0.125. The van der Waals surface area contributed by atoms with E-state index in [2.05, 4.69) is 42.8 Å². The number of pyridine rings is 1. The molecule has 0 spiro atoms. The van der Waals surface area contributed by atoms with Crippen LogP contribution in [0.5, 0.6) is 5.88 Å². The lowest BCUT2D eigenvalue weighted by Gasteiger charge is -2.35. The second-order valence-electron chi connectivity index (χ2n) is 12.3. The van der Waals surface area contributed by atoms with E-state index in [1.165, 1.54) is 18.1 Å². The number of likely N-dealkylation sites (tertiary alicyclic amines) is 1. The van der Waals surface area contributed by atoms with Crippen LogP contribution in [-0.2, 0) is 29.1 Å². The molecule has 3 fully saturated rings. The Bertz CT molecular complexity index is 1400. The van der Waals surface area contributed by atoms with E-state index in [1.54, 1.807) is 39.0 Å². The lowest BCUT2D eigenvalue weighted by atomic mass is 9.85. The lowest BCUT2D eigenvalue weighted by molar-refractivity contribution is -0.142. The summed E-state index contributed by atoms with van der Waals surface area (Å²) in [4.78, 5) is 58.8. The van der Waals surface area contributed by atoms with Gasteiger partial charge in [-0.25, -0.2) is 18.2 Å². The molecule has 0 aromatic carbocycles. The molecular formula is C28H38BrN5O8S. The van der Waals surface area contributed by atoms with Gasteiger partial charge in [-0.3, -0.25) is 19.1 Å². The normalized spacial score (nSPS) is 25.7. The maximum absolute atomic E-state index is 14.0. The number of carbonyl (C=O) groups excluding carboxylic acids is 4. The minimum Gasteiger partial charge on any atom is -0.477 e. The van der Waals surface area contributed by atoms with Crippen molar-refractivity contribution in [2.45, 2.75) is 69.3 Å². The van der Waals surface area contributed by atoms with Crippen molar-refractivity contribution in [3.8, 4) is 5.88 Å². The molecule has 1 aliphatic heterocycles. The third-order valence-corrected chi connectivity index (χ3v) is 10.2. The molecule has 13 nitrogen and oxygen atoms in total. The van der Waals surface area contributed by atoms with Crippen molar-refractivity contribution < 1.29 is 37.1 Å². The number of rotatable bonds is 11. The van der Waals surface area contributed by atoms with Gasteiger partial charge in [-0.1, -0.05) is 32.9 Å². The van der Waals surface area contributed by atoms with E-state index >= 15 is 0 Å². The van der Waals surface area contributed by atoms with Crippen molar-refractivity contribution in [2.24, 2.45) is 17.3 Å². The van der Waals surface area contributed by atoms with Gasteiger partial charge in [0.25, 0.3) is 5.91 Å². The number of nitrogens with zero attached hydrogens (tertiary/aromatic N) is 2. The van der Waals surface area contributed by atoms with Crippen LogP contribution in [0.2, 0.25) is 0 Å². The number of sulfonamides is 1. The van der Waals surface area contributed by atoms with E-state index < -0.39 is 68.0 Å². The van der Waals surface area contributed by atoms with Gasteiger partial charge in [0.2, 0.25) is 27.7 Å². The average molecular weight is 685 g/mol. The van der Waals surface area contributed by atoms with Gasteiger partial charge in [0.1, 0.15) is 22.2 Å². The number of alkyl carbamates (subject to hydrolysis) is 1. The molecule has 15 heteroatoms. The van der Waals surface area contributed by atoms with E-state index in [0.717, 1.165) is 0 Å². The molecule has 5 atom stereocenters. The summed E-state index contributed by atoms with van der Waals surface area (Å²) in [6.45, 7) is 9.31. The highest BCUT2D eigenvalue weighted by Crippen LogP contribution is 2.45. The first-order valence-corrected chi connectivity index (χ1v) is 16.4. The van der Waals surface area contributed by atoms with E-state index in [0.29, 0.717) is 23.3 Å². The number of halogens is 1. The van der Waals surface area contributed by atoms with Gasteiger partial charge in [0.15, 0.2) is 0 Å². The average Bonchev–Trinajstić information content (AvgIpc) is 3.86. The van der Waals surface area contributed by atoms with Crippen molar-refractivity contribution in [2.75, 3.05) is 20.3 Å². The fourth-order valence-corrected chi connectivity index (χ4v) is 6.91. The molecule has 1 saturated heterocycles. The molecule has 2 heterocycles. The summed E-state index contributed by atoms with van der Waals surface area (Å²) in [5.41, 5.74) is -2.25. The second-order valence-corrected chi connectivity index (χ2v) is 15.1. The Hall–Kier alpha value is -3.20. The van der Waals surface area contributed by atoms with E-state index in [1.807, 2.05) is 0 Å². The highest BCUT2D eigenvalue weighted by Gasteiger charge is 2.62. The largest absolute Gasteiger partial charge is 0.477 e. The lowest BCUT2D eigenvalue weighted by Crippen LogP contribution is -2.60. The molecule has 1 aromatic rings. The molecule has 4 amide bonds. The summed E-state index contributed by atoms with van der Waals surface area (Å²) in [7, 11) is -2.67. The van der Waals surface area contributed by atoms with E-state index in [9.17, 15) is 27.6 Å². The van der Waals surface area contributed by atoms with Crippen molar-refractivity contribution in [1.29, 1.82) is 0 Å². The number of hydrogen-bond donors (Lipinski definition) is 3. The highest BCUT2D eigenvalue weighted by molar-refractivity contribution is 9.10. The third-order valence-electron chi connectivity index (χ3n) is 7.94. The summed E-state index contributed by atoms with van der Waals surface area (Å²) in [5.74, 6) is -2.37. The minimum atomic E-state index is -3.85. The molecule has 1 aromatic heterocycles. The summed E-state index contributed by atoms with van der Waals surface area (Å²) in [5, 5.41) is 4.72. The summed E-state index contributed by atoms with van der Waals surface area (Å²) in [6, 6.07) is 3.13. The number of aromatic nitrogens is 1. The summed E-state index contributed by atoms with van der Waals surface area (Å²) < 4.78 is 38.3. The fraction of sp³-hybridized carbons (Fsp3) is 0.607. The van der Waals surface area contributed by atoms with Gasteiger partial charge in [0, 0.05) is 24.4 Å². The van der Waals surface area contributed by atoms with Crippen molar-refractivity contribution in [1.82, 2.24) is 25.2 Å². The monoisotopic (exact) mass is 683 g/mol. The molecule has 4 rings (SSSR count). The summed E-state index contributed by atoms with van der Waals surface area (Å²) >= 11 is 3.30. The molecule has 2 aliphatic carbocycles. The number of hydrogen-bond acceptors (Lipinski definition) is 9. The van der Waals surface area contributed by atoms with Crippen molar-refractivity contribution in [3.63, 3.8) is 0 Å². The Balaban J connectivity index is 1.57. The SMILES string of the molecule is C=CC1C[C@]1(NC(=O)[C@@H]1CC(COc2cccc(Br)n2)CN1C(=O)[C@@H](NC(=O)OC)C(C)(C)C)C(=O)NS(=O)(=O)C1CC1. The van der Waals surface area contributed by atoms with Gasteiger partial charge in [-0.05, 0) is 53.1 Å². The number of ether oxygens (including phenoxy) is 2. The maximum Gasteiger partial charge on any atom is 0.407 e. The van der Waals surface area contributed by atoms with Crippen LogP contribution in [0.15, 0.2) is 35.5 Å². The van der Waals surface area contributed by atoms with Crippen LogP contribution in [0.4, 0.5) is 4.79 Å². The molecular weight excluding hydrogens is 646 g/mol. The first-order valence-electron chi connectivity index (χ1n) is 14.0. The second kappa shape index (κ2) is 12.4. The molecule has 0 bridgehead atoms. The Kier molecular flexibility index (Phi) is 9.45. The Morgan fingerprint density at radius 1 is 1.26 bits per heavy atom. The van der Waals surface area contributed by atoms with E-state index in [-0.39, 0.29) is 31.9 Å². The van der Waals surface area contributed by atoms with Crippen LogP contribution < -0.4 is 20.1 Å². The third kappa shape index (κ3) is 7.48. The Labute approximate surface area is 259 Å². The first kappa shape index (κ1) is 32.7. The molecule has 236 valence electrons. The highest BCUT2D eigenvalue weighted by atomic mass is 79.9. The van der Waals surface area contributed by atoms with Crippen molar-refractivity contribution >= 4 is 49.8 Å². The van der Waals surface area contributed by atoms with Gasteiger partial charge >= 0.3 is 6.09 Å². The smallest absolute Gasteiger partial charge is 0.407 e. The predicted molar refractivity (Wildman–Crippen MR) is 159 cm³/mol. The molecule has 2 unspecified atom stereocenters. The zero-order chi connectivity index (χ0) is 31.7. The van der Waals surface area contributed by atoms with Crippen LogP contribution in [-0.4, -0.2) is 85.3 Å². The predicted octanol–water partition coefficient (Wildman–Crippen LogP) is 1.88. The topological polar surface area (TPSA) is 173 Å². The molecule has 43 heavy (non-hydrogen) atoms. The Morgan fingerprint density at radius 3 is 2.51 bits per heavy atom. The van der Waals surface area contributed by atoms with E-state index in [4.69, 9.17) is 9.47 Å². The maximum atomic E-state index is 14.0. The fourth-order valence-electron chi connectivity index (χ4n) is 5.22. The quantitative estimate of drug-likeness (QED) is 0.232. The van der Waals surface area contributed by atoms with Crippen molar-refractivity contribution in [3.05, 3.63) is 35.5 Å². The van der Waals surface area contributed by atoms with Gasteiger partial charge in [0.05, 0.1) is 19.0 Å². The molecule has 3 N–H and O–H groups in total. The Morgan fingerprint density at radius 2 is 1.95 bits per heavy atom. The van der Waals surface area contributed by atoms with Crippen LogP contribution in [0.1, 0.15) is 46.5 Å². The zero-order valence-corrected chi connectivity index (χ0v) is 27.0. The summed E-state index contributed by atoms with van der Waals surface area (Å²) in [6.07, 6.45) is 2.01. The van der Waals surface area contributed by atoms with Crippen LogP contribution >= 0.6 is 15.9 Å². The van der Waals surface area contributed by atoms with Gasteiger partial charge in [-0.15, -0.1) is 6.58 Å². The van der Waals surface area contributed by atoms with Gasteiger partial charge < -0.3 is 25.0 Å². The number of nitrogens with one attached hydrogen (secondary N) is 3.